The zero-order valence-corrected chi connectivity index (χ0v) is 14.2. The standard InChI is InChI=1S/C18H15N3O3S/c1-2-12-5-3-7-14(9-12)20-17(22)16(19-18(20)25)11-13-6-4-8-15(10-13)21(23)24/h3-11H,2H2,1H3,(H,19,25)/b16-11+. The van der Waals surface area contributed by atoms with Gasteiger partial charge in [0.15, 0.2) is 5.11 Å². The van der Waals surface area contributed by atoms with Crippen molar-refractivity contribution in [3.05, 3.63) is 75.5 Å². The summed E-state index contributed by atoms with van der Waals surface area (Å²) in [6.45, 7) is 2.04. The van der Waals surface area contributed by atoms with E-state index in [0.29, 0.717) is 11.3 Å². The maximum atomic E-state index is 12.7. The summed E-state index contributed by atoms with van der Waals surface area (Å²) in [5.74, 6) is -0.287. The molecule has 1 amide bonds. The van der Waals surface area contributed by atoms with Crippen molar-refractivity contribution in [2.24, 2.45) is 0 Å². The molecule has 6 nitrogen and oxygen atoms in total. The number of rotatable bonds is 4. The highest BCUT2D eigenvalue weighted by molar-refractivity contribution is 7.80. The summed E-state index contributed by atoms with van der Waals surface area (Å²) < 4.78 is 0. The Kier molecular flexibility index (Phi) is 4.58. The number of carbonyl (C=O) groups excluding carboxylic acids is 1. The molecule has 1 N–H and O–H groups in total. The highest BCUT2D eigenvalue weighted by Crippen LogP contribution is 2.24. The zero-order valence-electron chi connectivity index (χ0n) is 13.4. The Morgan fingerprint density at radius 1 is 1.24 bits per heavy atom. The van der Waals surface area contributed by atoms with Gasteiger partial charge in [-0.15, -0.1) is 0 Å². The second kappa shape index (κ2) is 6.82. The Balaban J connectivity index is 1.93. The van der Waals surface area contributed by atoms with Gasteiger partial charge in [0.1, 0.15) is 5.70 Å². The fraction of sp³-hybridized carbons (Fsp3) is 0.111. The number of carbonyl (C=O) groups is 1. The smallest absolute Gasteiger partial charge is 0.281 e. The van der Waals surface area contributed by atoms with Crippen LogP contribution >= 0.6 is 12.2 Å². The van der Waals surface area contributed by atoms with Crippen molar-refractivity contribution in [2.45, 2.75) is 13.3 Å². The van der Waals surface area contributed by atoms with Gasteiger partial charge in [0.2, 0.25) is 0 Å². The number of thiocarbonyl (C=S) groups is 1. The quantitative estimate of drug-likeness (QED) is 0.394. The maximum Gasteiger partial charge on any atom is 0.281 e. The molecule has 3 rings (SSSR count). The lowest BCUT2D eigenvalue weighted by atomic mass is 10.1. The summed E-state index contributed by atoms with van der Waals surface area (Å²) in [5, 5.41) is 14.1. The molecule has 7 heteroatoms. The summed E-state index contributed by atoms with van der Waals surface area (Å²) >= 11 is 5.28. The van der Waals surface area contributed by atoms with Crippen molar-refractivity contribution in [1.29, 1.82) is 0 Å². The van der Waals surface area contributed by atoms with Crippen LogP contribution in [0.2, 0.25) is 0 Å². The highest BCUT2D eigenvalue weighted by atomic mass is 32.1. The van der Waals surface area contributed by atoms with Gasteiger partial charge in [0, 0.05) is 12.1 Å². The van der Waals surface area contributed by atoms with Crippen molar-refractivity contribution in [3.63, 3.8) is 0 Å². The predicted molar refractivity (Wildman–Crippen MR) is 100 cm³/mol. The van der Waals surface area contributed by atoms with E-state index in [4.69, 9.17) is 12.2 Å². The van der Waals surface area contributed by atoms with Crippen molar-refractivity contribution < 1.29 is 9.72 Å². The monoisotopic (exact) mass is 353 g/mol. The van der Waals surface area contributed by atoms with Crippen LogP contribution < -0.4 is 10.2 Å². The van der Waals surface area contributed by atoms with Gasteiger partial charge < -0.3 is 5.32 Å². The largest absolute Gasteiger partial charge is 0.327 e. The van der Waals surface area contributed by atoms with Gasteiger partial charge in [-0.1, -0.05) is 31.2 Å². The Hall–Kier alpha value is -3.06. The molecule has 0 bridgehead atoms. The lowest BCUT2D eigenvalue weighted by molar-refractivity contribution is -0.384. The molecular formula is C18H15N3O3S. The fourth-order valence-electron chi connectivity index (χ4n) is 2.58. The lowest BCUT2D eigenvalue weighted by Gasteiger charge is -2.14. The van der Waals surface area contributed by atoms with Crippen LogP contribution in [0.25, 0.3) is 6.08 Å². The van der Waals surface area contributed by atoms with E-state index in [1.54, 1.807) is 18.2 Å². The van der Waals surface area contributed by atoms with E-state index in [9.17, 15) is 14.9 Å². The van der Waals surface area contributed by atoms with Crippen LogP contribution in [0.1, 0.15) is 18.1 Å². The van der Waals surface area contributed by atoms with Gasteiger partial charge >= 0.3 is 0 Å². The Labute approximate surface area is 149 Å². The molecule has 0 atom stereocenters. The van der Waals surface area contributed by atoms with Gasteiger partial charge in [-0.2, -0.15) is 0 Å². The van der Waals surface area contributed by atoms with Crippen LogP contribution in [-0.4, -0.2) is 15.9 Å². The van der Waals surface area contributed by atoms with E-state index < -0.39 is 4.92 Å². The van der Waals surface area contributed by atoms with Crippen molar-refractivity contribution in [3.8, 4) is 0 Å². The van der Waals surface area contributed by atoms with Gasteiger partial charge in [-0.25, -0.2) is 0 Å². The minimum Gasteiger partial charge on any atom is -0.327 e. The minimum absolute atomic E-state index is 0.0325. The number of nitrogens with zero attached hydrogens (tertiary/aromatic N) is 2. The SMILES string of the molecule is CCc1cccc(N2C(=O)/C(=C\c3cccc([N+](=O)[O-])c3)NC2=S)c1. The molecule has 1 heterocycles. The Morgan fingerprint density at radius 3 is 2.72 bits per heavy atom. The van der Waals surface area contributed by atoms with E-state index in [1.807, 2.05) is 31.2 Å². The molecule has 25 heavy (non-hydrogen) atoms. The van der Waals surface area contributed by atoms with Crippen LogP contribution in [0, 0.1) is 10.1 Å². The number of hydrogen-bond acceptors (Lipinski definition) is 4. The third-order valence-corrected chi connectivity index (χ3v) is 4.13. The van der Waals surface area contributed by atoms with E-state index in [1.165, 1.54) is 17.0 Å². The number of nitro benzene ring substituents is 1. The first-order valence-corrected chi connectivity index (χ1v) is 8.11. The third-order valence-electron chi connectivity index (χ3n) is 3.85. The summed E-state index contributed by atoms with van der Waals surface area (Å²) in [4.78, 5) is 24.5. The molecule has 1 fully saturated rings. The highest BCUT2D eigenvalue weighted by Gasteiger charge is 2.32. The molecule has 0 radical (unpaired) electrons. The molecule has 1 aliphatic rings. The maximum absolute atomic E-state index is 12.7. The summed E-state index contributed by atoms with van der Waals surface area (Å²) in [5.41, 5.74) is 2.60. The average Bonchev–Trinajstić information content (AvgIpc) is 2.88. The number of nitro groups is 1. The van der Waals surface area contributed by atoms with E-state index >= 15 is 0 Å². The molecule has 1 aliphatic heterocycles. The minimum atomic E-state index is -0.473. The molecule has 2 aromatic rings. The Bertz CT molecular complexity index is 908. The van der Waals surface area contributed by atoms with Gasteiger partial charge in [0.25, 0.3) is 11.6 Å². The number of amides is 1. The lowest BCUT2D eigenvalue weighted by Crippen LogP contribution is -2.30. The van der Waals surface area contributed by atoms with Crippen molar-refractivity contribution in [1.82, 2.24) is 5.32 Å². The Morgan fingerprint density at radius 2 is 2.00 bits per heavy atom. The molecule has 0 saturated carbocycles. The van der Waals surface area contributed by atoms with Crippen molar-refractivity contribution in [2.75, 3.05) is 4.90 Å². The van der Waals surface area contributed by atoms with E-state index in [0.717, 1.165) is 12.0 Å². The van der Waals surface area contributed by atoms with Crippen LogP contribution in [0.5, 0.6) is 0 Å². The van der Waals surface area contributed by atoms with Crippen LogP contribution in [-0.2, 0) is 11.2 Å². The number of nitrogens with one attached hydrogen (secondary N) is 1. The normalized spacial score (nSPS) is 15.6. The van der Waals surface area contributed by atoms with Crippen LogP contribution in [0.15, 0.2) is 54.2 Å². The molecule has 0 spiro atoms. The topological polar surface area (TPSA) is 75.5 Å². The van der Waals surface area contributed by atoms with Gasteiger partial charge in [-0.3, -0.25) is 19.8 Å². The first-order chi connectivity index (χ1) is 12.0. The number of non-ortho nitro benzene ring substituents is 1. The molecule has 126 valence electrons. The molecule has 0 aromatic heterocycles. The fourth-order valence-corrected chi connectivity index (χ4v) is 2.88. The summed E-state index contributed by atoms with van der Waals surface area (Å²) in [6.07, 6.45) is 2.41. The van der Waals surface area contributed by atoms with E-state index in [-0.39, 0.29) is 22.4 Å². The number of benzene rings is 2. The first-order valence-electron chi connectivity index (χ1n) is 7.70. The second-order valence-electron chi connectivity index (χ2n) is 5.50. The molecular weight excluding hydrogens is 338 g/mol. The molecule has 2 aromatic carbocycles. The molecule has 1 saturated heterocycles. The zero-order chi connectivity index (χ0) is 18.0. The van der Waals surface area contributed by atoms with Gasteiger partial charge in [-0.05, 0) is 48.0 Å². The third kappa shape index (κ3) is 3.41. The van der Waals surface area contributed by atoms with E-state index in [2.05, 4.69) is 5.32 Å². The molecule has 0 aliphatic carbocycles. The predicted octanol–water partition coefficient (Wildman–Crippen LogP) is 3.42. The average molecular weight is 353 g/mol. The number of anilines is 1. The van der Waals surface area contributed by atoms with Crippen LogP contribution in [0.4, 0.5) is 11.4 Å². The van der Waals surface area contributed by atoms with Gasteiger partial charge in [0.05, 0.1) is 10.6 Å². The first kappa shape index (κ1) is 16.8. The summed E-state index contributed by atoms with van der Waals surface area (Å²) in [6, 6.07) is 13.7. The molecule has 0 unspecified atom stereocenters. The second-order valence-corrected chi connectivity index (χ2v) is 5.89. The number of hydrogen-bond donors (Lipinski definition) is 1. The van der Waals surface area contributed by atoms with Crippen LogP contribution in [0.3, 0.4) is 0 Å². The van der Waals surface area contributed by atoms with Crippen molar-refractivity contribution >= 4 is 40.7 Å². The number of aryl methyl sites for hydroxylation is 1. The summed E-state index contributed by atoms with van der Waals surface area (Å²) in [7, 11) is 0.